The molecule has 1 N–H and O–H groups in total. The Morgan fingerprint density at radius 3 is 2.78 bits per heavy atom. The molecular weight excluding hydrogens is 316 g/mol. The van der Waals surface area contributed by atoms with Gasteiger partial charge in [0.2, 0.25) is 5.91 Å². The molecule has 2 heterocycles. The standard InChI is InChI=1S/C15H20N4O3S/c1-18(10-14(20)19(2)11-7-8-16-9-11)15-12-5-3-4-6-13(12)23(21,22)17-15/h3-6,11,16H,7-10H2,1-2H3. The zero-order chi connectivity index (χ0) is 16.6. The second-order valence-electron chi connectivity index (χ2n) is 5.89. The molecule has 1 aromatic carbocycles. The molecule has 3 rings (SSSR count). The average molecular weight is 336 g/mol. The maximum Gasteiger partial charge on any atom is 0.285 e. The highest BCUT2D eigenvalue weighted by Gasteiger charge is 2.32. The Bertz CT molecular complexity index is 754. The smallest absolute Gasteiger partial charge is 0.285 e. The predicted molar refractivity (Wildman–Crippen MR) is 86.8 cm³/mol. The topological polar surface area (TPSA) is 82.1 Å². The van der Waals surface area contributed by atoms with Gasteiger partial charge in [0.25, 0.3) is 10.0 Å². The molecule has 23 heavy (non-hydrogen) atoms. The van der Waals surface area contributed by atoms with Crippen molar-refractivity contribution < 1.29 is 13.2 Å². The molecule has 1 unspecified atom stereocenters. The Balaban J connectivity index is 1.76. The van der Waals surface area contributed by atoms with E-state index in [0.29, 0.717) is 11.4 Å². The van der Waals surface area contributed by atoms with Gasteiger partial charge in [-0.25, -0.2) is 0 Å². The van der Waals surface area contributed by atoms with Crippen molar-refractivity contribution in [2.24, 2.45) is 4.40 Å². The van der Waals surface area contributed by atoms with Gasteiger partial charge in [0.1, 0.15) is 4.90 Å². The Morgan fingerprint density at radius 2 is 2.09 bits per heavy atom. The molecule has 8 heteroatoms. The van der Waals surface area contributed by atoms with Crippen molar-refractivity contribution in [3.8, 4) is 0 Å². The van der Waals surface area contributed by atoms with Crippen molar-refractivity contribution in [3.63, 3.8) is 0 Å². The molecule has 1 aromatic rings. The molecule has 0 saturated carbocycles. The zero-order valence-corrected chi connectivity index (χ0v) is 14.0. The molecule has 124 valence electrons. The summed E-state index contributed by atoms with van der Waals surface area (Å²) in [5.41, 5.74) is 0.549. The number of amidine groups is 1. The van der Waals surface area contributed by atoms with Crippen molar-refractivity contribution in [3.05, 3.63) is 29.8 Å². The number of carbonyl (C=O) groups excluding carboxylic acids is 1. The number of carbonyl (C=O) groups is 1. The van der Waals surface area contributed by atoms with E-state index in [0.717, 1.165) is 19.5 Å². The number of amides is 1. The number of fused-ring (bicyclic) bond motifs is 1. The third-order valence-corrected chi connectivity index (χ3v) is 5.65. The van der Waals surface area contributed by atoms with Crippen molar-refractivity contribution in [2.45, 2.75) is 17.4 Å². The van der Waals surface area contributed by atoms with Gasteiger partial charge in [-0.2, -0.15) is 8.42 Å². The van der Waals surface area contributed by atoms with Crippen molar-refractivity contribution in [1.29, 1.82) is 0 Å². The van der Waals surface area contributed by atoms with Crippen LogP contribution in [0.5, 0.6) is 0 Å². The zero-order valence-electron chi connectivity index (χ0n) is 13.2. The summed E-state index contributed by atoms with van der Waals surface area (Å²) in [6.07, 6.45) is 0.935. The monoisotopic (exact) mass is 336 g/mol. The van der Waals surface area contributed by atoms with Gasteiger partial charge < -0.3 is 15.1 Å². The highest BCUT2D eigenvalue weighted by Crippen LogP contribution is 2.26. The molecule has 0 radical (unpaired) electrons. The third kappa shape index (κ3) is 2.96. The van der Waals surface area contributed by atoms with E-state index in [-0.39, 0.29) is 23.4 Å². The molecule has 7 nitrogen and oxygen atoms in total. The number of nitrogens with one attached hydrogen (secondary N) is 1. The Kier molecular flexibility index (Phi) is 4.11. The van der Waals surface area contributed by atoms with Gasteiger partial charge in [0, 0.05) is 32.2 Å². The quantitative estimate of drug-likeness (QED) is 0.833. The molecule has 0 spiro atoms. The number of likely N-dealkylation sites (N-methyl/N-ethyl adjacent to an activating group) is 2. The first-order valence-corrected chi connectivity index (χ1v) is 8.96. The van der Waals surface area contributed by atoms with Crippen LogP contribution in [0.25, 0.3) is 0 Å². The van der Waals surface area contributed by atoms with Crippen LogP contribution in [0, 0.1) is 0 Å². The second kappa shape index (κ2) is 5.93. The largest absolute Gasteiger partial charge is 0.349 e. The molecule has 0 bridgehead atoms. The SMILES string of the molecule is CN(CC(=O)N(C)C1CCNC1)C1=NS(=O)(=O)c2ccccc21. The number of rotatable bonds is 3. The summed E-state index contributed by atoms with van der Waals surface area (Å²) in [5, 5.41) is 3.23. The maximum absolute atomic E-state index is 12.4. The molecule has 2 aliphatic heterocycles. The van der Waals surface area contributed by atoms with Crippen LogP contribution in [0.15, 0.2) is 33.6 Å². The molecule has 1 saturated heterocycles. The number of sulfonamides is 1. The molecule has 1 fully saturated rings. The lowest BCUT2D eigenvalue weighted by Crippen LogP contribution is -2.44. The average Bonchev–Trinajstić information content (AvgIpc) is 3.14. The van der Waals surface area contributed by atoms with Crippen LogP contribution in [-0.4, -0.2) is 69.7 Å². The Hall–Kier alpha value is -1.93. The molecule has 0 aromatic heterocycles. The minimum atomic E-state index is -3.66. The summed E-state index contributed by atoms with van der Waals surface area (Å²) in [4.78, 5) is 15.9. The van der Waals surface area contributed by atoms with E-state index in [1.165, 1.54) is 6.07 Å². The minimum absolute atomic E-state index is 0.0503. The number of hydrogen-bond acceptors (Lipinski definition) is 5. The van der Waals surface area contributed by atoms with E-state index in [2.05, 4.69) is 9.71 Å². The van der Waals surface area contributed by atoms with E-state index in [4.69, 9.17) is 0 Å². The van der Waals surface area contributed by atoms with Crippen LogP contribution >= 0.6 is 0 Å². The van der Waals surface area contributed by atoms with Gasteiger partial charge in [-0.05, 0) is 25.1 Å². The fourth-order valence-corrected chi connectivity index (χ4v) is 4.18. The van der Waals surface area contributed by atoms with E-state index < -0.39 is 10.0 Å². The van der Waals surface area contributed by atoms with E-state index in [1.54, 1.807) is 42.1 Å². The van der Waals surface area contributed by atoms with Crippen LogP contribution in [0.1, 0.15) is 12.0 Å². The summed E-state index contributed by atoms with van der Waals surface area (Å²) in [6.45, 7) is 1.80. The lowest BCUT2D eigenvalue weighted by Gasteiger charge is -2.27. The van der Waals surface area contributed by atoms with Crippen molar-refractivity contribution in [2.75, 3.05) is 33.7 Å². The summed E-state index contributed by atoms with van der Waals surface area (Å²) < 4.78 is 28.0. The number of benzene rings is 1. The highest BCUT2D eigenvalue weighted by atomic mass is 32.2. The van der Waals surface area contributed by atoms with Crippen LogP contribution in [0.2, 0.25) is 0 Å². The van der Waals surface area contributed by atoms with Crippen molar-refractivity contribution >= 4 is 21.8 Å². The Labute approximate surface area is 136 Å². The Morgan fingerprint density at radius 1 is 1.35 bits per heavy atom. The van der Waals surface area contributed by atoms with Crippen molar-refractivity contribution in [1.82, 2.24) is 15.1 Å². The van der Waals surface area contributed by atoms with Gasteiger partial charge in [0.05, 0.1) is 6.54 Å². The van der Waals surface area contributed by atoms with Gasteiger partial charge in [-0.3, -0.25) is 4.79 Å². The maximum atomic E-state index is 12.4. The normalized spacial score (nSPS) is 21.7. The summed E-state index contributed by atoms with van der Waals surface area (Å²) in [7, 11) is -0.184. The van der Waals surface area contributed by atoms with E-state index in [9.17, 15) is 13.2 Å². The third-order valence-electron chi connectivity index (χ3n) is 4.32. The van der Waals surface area contributed by atoms with Crippen LogP contribution in [0.3, 0.4) is 0 Å². The van der Waals surface area contributed by atoms with Crippen LogP contribution in [0.4, 0.5) is 0 Å². The first-order chi connectivity index (χ1) is 10.9. The van der Waals surface area contributed by atoms with Gasteiger partial charge in [-0.15, -0.1) is 4.40 Å². The van der Waals surface area contributed by atoms with Crippen LogP contribution in [-0.2, 0) is 14.8 Å². The van der Waals surface area contributed by atoms with Gasteiger partial charge in [-0.1, -0.05) is 12.1 Å². The lowest BCUT2D eigenvalue weighted by molar-refractivity contribution is -0.131. The molecular formula is C15H20N4O3S. The summed E-state index contributed by atoms with van der Waals surface area (Å²) >= 11 is 0. The van der Waals surface area contributed by atoms with Crippen LogP contribution < -0.4 is 5.32 Å². The first-order valence-electron chi connectivity index (χ1n) is 7.52. The summed E-state index contributed by atoms with van der Waals surface area (Å²) in [6, 6.07) is 6.87. The fraction of sp³-hybridized carbons (Fsp3) is 0.467. The lowest BCUT2D eigenvalue weighted by atomic mass is 10.2. The van der Waals surface area contributed by atoms with Gasteiger partial charge >= 0.3 is 0 Å². The number of nitrogens with zero attached hydrogens (tertiary/aromatic N) is 3. The number of hydrogen-bond donors (Lipinski definition) is 1. The predicted octanol–water partition coefficient (Wildman–Crippen LogP) is -0.112. The fourth-order valence-electron chi connectivity index (χ4n) is 2.93. The first kappa shape index (κ1) is 15.9. The minimum Gasteiger partial charge on any atom is -0.349 e. The van der Waals surface area contributed by atoms with E-state index >= 15 is 0 Å². The molecule has 2 aliphatic rings. The molecule has 1 amide bonds. The van der Waals surface area contributed by atoms with Gasteiger partial charge in [0.15, 0.2) is 5.84 Å². The summed E-state index contributed by atoms with van der Waals surface area (Å²) in [5.74, 6) is 0.276. The molecule has 0 aliphatic carbocycles. The second-order valence-corrected chi connectivity index (χ2v) is 7.47. The van der Waals surface area contributed by atoms with E-state index in [1.807, 2.05) is 0 Å². The highest BCUT2D eigenvalue weighted by molar-refractivity contribution is 7.90. The molecule has 1 atom stereocenters.